The van der Waals surface area contributed by atoms with Crippen LogP contribution in [0.25, 0.3) is 0 Å². The Morgan fingerprint density at radius 2 is 1.21 bits per heavy atom. The van der Waals surface area contributed by atoms with Gasteiger partial charge in [0.2, 0.25) is 0 Å². The second kappa shape index (κ2) is 12.3. The summed E-state index contributed by atoms with van der Waals surface area (Å²) in [5, 5.41) is 0. The highest BCUT2D eigenvalue weighted by Gasteiger charge is 2.30. The van der Waals surface area contributed by atoms with Crippen molar-refractivity contribution in [2.45, 2.75) is 123 Å². The van der Waals surface area contributed by atoms with Crippen LogP contribution in [0.3, 0.4) is 0 Å². The van der Waals surface area contributed by atoms with E-state index in [-0.39, 0.29) is 0 Å². The number of hydrogen-bond acceptors (Lipinski definition) is 1. The summed E-state index contributed by atoms with van der Waals surface area (Å²) in [7, 11) is 0. The number of hydrogen-bond donors (Lipinski definition) is 0. The molecule has 0 atom stereocenters. The Morgan fingerprint density at radius 3 is 1.83 bits per heavy atom. The lowest BCUT2D eigenvalue weighted by Crippen LogP contribution is -2.28. The number of rotatable bonds is 11. The van der Waals surface area contributed by atoms with Gasteiger partial charge in [0.05, 0.1) is 6.10 Å². The van der Waals surface area contributed by atoms with Gasteiger partial charge in [0.15, 0.2) is 0 Å². The van der Waals surface area contributed by atoms with Crippen molar-refractivity contribution in [2.75, 3.05) is 6.61 Å². The Labute approximate surface area is 152 Å². The Bertz CT molecular complexity index is 284. The lowest BCUT2D eigenvalue weighted by molar-refractivity contribution is 0.00576. The molecule has 1 nitrogen and oxygen atoms in total. The highest BCUT2D eigenvalue weighted by Crippen LogP contribution is 2.41. The fraction of sp³-hybridized carbons (Fsp3) is 1.00. The van der Waals surface area contributed by atoms with E-state index in [2.05, 4.69) is 13.8 Å². The van der Waals surface area contributed by atoms with Gasteiger partial charge in [0.1, 0.15) is 0 Å². The zero-order valence-corrected chi connectivity index (χ0v) is 16.7. The van der Waals surface area contributed by atoms with Crippen LogP contribution in [-0.4, -0.2) is 12.7 Å². The predicted octanol–water partition coefficient (Wildman–Crippen LogP) is 7.53. The molecule has 0 amide bonds. The van der Waals surface area contributed by atoms with E-state index in [0.717, 1.165) is 24.4 Å². The van der Waals surface area contributed by atoms with Crippen LogP contribution >= 0.6 is 0 Å². The van der Waals surface area contributed by atoms with Crippen molar-refractivity contribution in [3.8, 4) is 0 Å². The molecule has 0 bridgehead atoms. The second-order valence-corrected chi connectivity index (χ2v) is 8.74. The molecule has 2 saturated carbocycles. The highest BCUT2D eigenvalue weighted by atomic mass is 16.5. The molecule has 0 saturated heterocycles. The van der Waals surface area contributed by atoms with Gasteiger partial charge in [0, 0.05) is 6.61 Å². The zero-order valence-electron chi connectivity index (χ0n) is 16.7. The summed E-state index contributed by atoms with van der Waals surface area (Å²) < 4.78 is 6.05. The highest BCUT2D eigenvalue weighted by molar-refractivity contribution is 4.82. The molecule has 2 aliphatic rings. The average molecular weight is 337 g/mol. The summed E-state index contributed by atoms with van der Waals surface area (Å²) in [5.74, 6) is 3.15. The van der Waals surface area contributed by atoms with Gasteiger partial charge in [-0.05, 0) is 62.7 Å². The minimum absolute atomic E-state index is 0.590. The minimum atomic E-state index is 0.590. The van der Waals surface area contributed by atoms with Crippen LogP contribution in [0.4, 0.5) is 0 Å². The van der Waals surface area contributed by atoms with Gasteiger partial charge in [-0.1, -0.05) is 71.6 Å². The van der Waals surface area contributed by atoms with E-state index in [1.54, 1.807) is 0 Å². The van der Waals surface area contributed by atoms with Gasteiger partial charge >= 0.3 is 0 Å². The van der Waals surface area contributed by atoms with Crippen LogP contribution < -0.4 is 0 Å². The molecular formula is C23H44O. The number of ether oxygens (including phenoxy) is 1. The smallest absolute Gasteiger partial charge is 0.0575 e. The summed E-state index contributed by atoms with van der Waals surface area (Å²) in [5.41, 5.74) is 0. The normalized spacial score (nSPS) is 31.2. The fourth-order valence-corrected chi connectivity index (χ4v) is 5.11. The maximum absolute atomic E-state index is 6.05. The summed E-state index contributed by atoms with van der Waals surface area (Å²) in [4.78, 5) is 0. The third-order valence-electron chi connectivity index (χ3n) is 6.84. The van der Waals surface area contributed by atoms with Gasteiger partial charge in [-0.3, -0.25) is 0 Å². The minimum Gasteiger partial charge on any atom is -0.378 e. The Balaban J connectivity index is 1.53. The standard InChI is InChI=1S/C23H44O/c1-3-5-7-8-9-10-20-11-13-21(14-12-20)22-15-17-23(18-16-22)24-19-6-4-2/h20-23H,3-19H2,1-2H3/t20-,21-,22-,23-. The first kappa shape index (κ1) is 20.3. The molecule has 0 heterocycles. The van der Waals surface area contributed by atoms with Gasteiger partial charge in [-0.15, -0.1) is 0 Å². The zero-order chi connectivity index (χ0) is 17.0. The summed E-state index contributed by atoms with van der Waals surface area (Å²) in [6, 6.07) is 0. The van der Waals surface area contributed by atoms with Crippen LogP contribution in [-0.2, 0) is 4.74 Å². The molecule has 0 unspecified atom stereocenters. The molecule has 0 N–H and O–H groups in total. The van der Waals surface area contributed by atoms with Crippen LogP contribution in [0.15, 0.2) is 0 Å². The van der Waals surface area contributed by atoms with E-state index < -0.39 is 0 Å². The fourth-order valence-electron chi connectivity index (χ4n) is 5.11. The quantitative estimate of drug-likeness (QED) is 0.354. The summed E-state index contributed by atoms with van der Waals surface area (Å²) >= 11 is 0. The SMILES string of the molecule is CCCCCCC[C@H]1CC[C@H]([C@H]2CC[C@H](OCCCC)CC2)CC1. The molecule has 0 aliphatic heterocycles. The molecular weight excluding hydrogens is 292 g/mol. The van der Waals surface area contributed by atoms with E-state index >= 15 is 0 Å². The van der Waals surface area contributed by atoms with Crippen molar-refractivity contribution in [2.24, 2.45) is 17.8 Å². The van der Waals surface area contributed by atoms with Gasteiger partial charge in [-0.2, -0.15) is 0 Å². The van der Waals surface area contributed by atoms with Crippen LogP contribution in [0.1, 0.15) is 117 Å². The lowest BCUT2D eigenvalue weighted by Gasteiger charge is -2.38. The van der Waals surface area contributed by atoms with E-state index in [4.69, 9.17) is 4.74 Å². The van der Waals surface area contributed by atoms with Crippen molar-refractivity contribution in [1.82, 2.24) is 0 Å². The van der Waals surface area contributed by atoms with Crippen LogP contribution in [0.5, 0.6) is 0 Å². The monoisotopic (exact) mass is 336 g/mol. The van der Waals surface area contributed by atoms with Crippen molar-refractivity contribution in [1.29, 1.82) is 0 Å². The largest absolute Gasteiger partial charge is 0.378 e. The van der Waals surface area contributed by atoms with Gasteiger partial charge < -0.3 is 4.74 Å². The summed E-state index contributed by atoms with van der Waals surface area (Å²) in [6.07, 6.45) is 23.6. The van der Waals surface area contributed by atoms with E-state index in [1.807, 2.05) is 0 Å². The molecule has 2 aliphatic carbocycles. The van der Waals surface area contributed by atoms with Gasteiger partial charge in [-0.25, -0.2) is 0 Å². The first-order valence-electron chi connectivity index (χ1n) is 11.4. The summed E-state index contributed by atoms with van der Waals surface area (Å²) in [6.45, 7) is 5.56. The van der Waals surface area contributed by atoms with Crippen molar-refractivity contribution in [3.05, 3.63) is 0 Å². The molecule has 0 aromatic carbocycles. The van der Waals surface area contributed by atoms with E-state index in [1.165, 1.54) is 103 Å². The van der Waals surface area contributed by atoms with Gasteiger partial charge in [0.25, 0.3) is 0 Å². The third kappa shape index (κ3) is 7.46. The third-order valence-corrected chi connectivity index (χ3v) is 6.84. The molecule has 1 heteroatoms. The lowest BCUT2D eigenvalue weighted by atomic mass is 9.70. The Kier molecular flexibility index (Phi) is 10.4. The van der Waals surface area contributed by atoms with Crippen molar-refractivity contribution >= 4 is 0 Å². The molecule has 2 fully saturated rings. The maximum atomic E-state index is 6.05. The molecule has 142 valence electrons. The van der Waals surface area contributed by atoms with E-state index in [9.17, 15) is 0 Å². The van der Waals surface area contributed by atoms with E-state index in [0.29, 0.717) is 6.10 Å². The molecule has 0 spiro atoms. The molecule has 0 aromatic heterocycles. The topological polar surface area (TPSA) is 9.23 Å². The van der Waals surface area contributed by atoms with Crippen molar-refractivity contribution in [3.63, 3.8) is 0 Å². The Morgan fingerprint density at radius 1 is 0.625 bits per heavy atom. The van der Waals surface area contributed by atoms with Crippen LogP contribution in [0, 0.1) is 17.8 Å². The molecule has 0 radical (unpaired) electrons. The maximum Gasteiger partial charge on any atom is 0.0575 e. The predicted molar refractivity (Wildman–Crippen MR) is 105 cm³/mol. The average Bonchev–Trinajstić information content (AvgIpc) is 2.63. The Hall–Kier alpha value is -0.0400. The van der Waals surface area contributed by atoms with Crippen molar-refractivity contribution < 1.29 is 4.74 Å². The number of unbranched alkanes of at least 4 members (excludes halogenated alkanes) is 5. The second-order valence-electron chi connectivity index (χ2n) is 8.74. The first-order valence-corrected chi connectivity index (χ1v) is 11.4. The first-order chi connectivity index (χ1) is 11.8. The molecule has 24 heavy (non-hydrogen) atoms. The molecule has 2 rings (SSSR count). The van der Waals surface area contributed by atoms with Crippen LogP contribution in [0.2, 0.25) is 0 Å². The molecule has 0 aromatic rings.